The number of likely N-dealkylation sites (tertiary alicyclic amines) is 1. The van der Waals surface area contributed by atoms with Gasteiger partial charge >= 0.3 is 0 Å². The molecule has 2 atom stereocenters. The largest absolute Gasteiger partial charge is 0.451 e. The molecule has 2 fully saturated rings. The van der Waals surface area contributed by atoms with Crippen LogP contribution in [0.15, 0.2) is 59.5 Å². The molecule has 0 bridgehead atoms. The third-order valence-electron chi connectivity index (χ3n) is 9.36. The van der Waals surface area contributed by atoms with E-state index in [4.69, 9.17) is 15.5 Å². The van der Waals surface area contributed by atoms with E-state index in [0.717, 1.165) is 53.0 Å². The minimum atomic E-state index is -0.581. The number of hydrogen-bond donors (Lipinski definition) is 2. The predicted molar refractivity (Wildman–Crippen MR) is 176 cm³/mol. The van der Waals surface area contributed by atoms with Crippen molar-refractivity contribution < 1.29 is 13.9 Å². The van der Waals surface area contributed by atoms with Crippen molar-refractivity contribution in [2.45, 2.75) is 37.8 Å². The number of hydrogen-bond acceptors (Lipinski definition) is 8. The zero-order valence-electron chi connectivity index (χ0n) is 24.9. The molecule has 3 aliphatic rings. The van der Waals surface area contributed by atoms with Gasteiger partial charge in [0.2, 0.25) is 5.43 Å². The molecule has 3 aromatic carbocycles. The van der Waals surface area contributed by atoms with Crippen molar-refractivity contribution in [1.29, 1.82) is 0 Å². The van der Waals surface area contributed by atoms with Gasteiger partial charge in [-0.15, -0.1) is 11.3 Å². The van der Waals surface area contributed by atoms with Crippen LogP contribution in [0, 0.1) is 5.82 Å². The van der Waals surface area contributed by atoms with E-state index in [0.29, 0.717) is 42.6 Å². The van der Waals surface area contributed by atoms with Gasteiger partial charge in [0.1, 0.15) is 21.8 Å². The van der Waals surface area contributed by atoms with Crippen molar-refractivity contribution >= 4 is 44.1 Å². The first kappa shape index (κ1) is 28.2. The van der Waals surface area contributed by atoms with E-state index < -0.39 is 17.2 Å². The highest BCUT2D eigenvalue weighted by Gasteiger charge is 2.33. The van der Waals surface area contributed by atoms with Gasteiger partial charge in [0, 0.05) is 43.5 Å². The van der Waals surface area contributed by atoms with Gasteiger partial charge in [-0.25, -0.2) is 9.37 Å². The highest BCUT2D eigenvalue weighted by molar-refractivity contribution is 7.21. The van der Waals surface area contributed by atoms with Gasteiger partial charge < -0.3 is 30.2 Å². The Morgan fingerprint density at radius 2 is 2.04 bits per heavy atom. The summed E-state index contributed by atoms with van der Waals surface area (Å²) in [6, 6.07) is 15.3. The number of para-hydroxylation sites is 1. The number of nitrogens with zero attached hydrogens (tertiary/aromatic N) is 4. The first-order valence-electron chi connectivity index (χ1n) is 15.4. The molecule has 11 heteroatoms. The molecule has 5 aromatic rings. The lowest BCUT2D eigenvalue weighted by molar-refractivity contribution is 0.0949. The van der Waals surface area contributed by atoms with E-state index in [9.17, 15) is 9.59 Å². The van der Waals surface area contributed by atoms with E-state index in [-0.39, 0.29) is 28.4 Å². The summed E-state index contributed by atoms with van der Waals surface area (Å²) in [6.07, 6.45) is 5.33. The topological polar surface area (TPSA) is 106 Å². The van der Waals surface area contributed by atoms with Crippen LogP contribution in [-0.4, -0.2) is 65.7 Å². The predicted octanol–water partition coefficient (Wildman–Crippen LogP) is 5.26. The molecule has 2 aromatic heterocycles. The summed E-state index contributed by atoms with van der Waals surface area (Å²) >= 11 is 1.58. The number of halogens is 1. The fraction of sp³-hybridized carbons (Fsp3) is 0.324. The molecule has 1 amide bonds. The van der Waals surface area contributed by atoms with Crippen LogP contribution in [0.2, 0.25) is 0 Å². The number of ether oxygens (including phenoxy) is 1. The number of amides is 1. The number of nitrogens with one attached hydrogen (secondary N) is 1. The van der Waals surface area contributed by atoms with Gasteiger partial charge in [0.05, 0.1) is 21.3 Å². The normalized spacial score (nSPS) is 19.3. The van der Waals surface area contributed by atoms with Crippen LogP contribution in [0.3, 0.4) is 0 Å². The summed E-state index contributed by atoms with van der Waals surface area (Å²) in [5, 5.41) is 3.87. The van der Waals surface area contributed by atoms with Crippen molar-refractivity contribution in [3.63, 3.8) is 0 Å². The second kappa shape index (κ2) is 10.9. The van der Waals surface area contributed by atoms with Crippen molar-refractivity contribution in [1.82, 2.24) is 19.8 Å². The lowest BCUT2D eigenvalue weighted by Crippen LogP contribution is -2.34. The SMILES string of the molecule is CN1CCCC1CCNC(=O)c1cn2c3c(c(N4CCC(N)C4)c(F)cc3c1=O)Oc1cc(-c3nc4ccccc4s3)ccc1-2. The maximum atomic E-state index is 16.0. The number of carbonyl (C=O) groups excluding carboxylic acids is 1. The molecule has 0 aliphatic carbocycles. The maximum absolute atomic E-state index is 16.0. The summed E-state index contributed by atoms with van der Waals surface area (Å²) in [5.41, 5.74) is 8.76. The van der Waals surface area contributed by atoms with Gasteiger partial charge in [-0.2, -0.15) is 0 Å². The van der Waals surface area contributed by atoms with Crippen LogP contribution in [0.5, 0.6) is 11.5 Å². The summed E-state index contributed by atoms with van der Waals surface area (Å²) in [5.74, 6) is -0.318. The third-order valence-corrected chi connectivity index (χ3v) is 10.4. The van der Waals surface area contributed by atoms with Crippen LogP contribution in [0.4, 0.5) is 10.1 Å². The number of thiazole rings is 1. The Kier molecular flexibility index (Phi) is 6.85. The first-order chi connectivity index (χ1) is 21.9. The van der Waals surface area contributed by atoms with Crippen molar-refractivity contribution in [3.8, 4) is 27.8 Å². The number of aromatic nitrogens is 2. The molecule has 3 aliphatic heterocycles. The molecular weight excluding hydrogens is 591 g/mol. The molecule has 230 valence electrons. The average Bonchev–Trinajstić information content (AvgIpc) is 3.77. The molecule has 5 heterocycles. The Morgan fingerprint density at radius 1 is 1.18 bits per heavy atom. The molecule has 3 N–H and O–H groups in total. The van der Waals surface area contributed by atoms with Crippen molar-refractivity contribution in [2.24, 2.45) is 5.73 Å². The Hall–Kier alpha value is -4.32. The van der Waals surface area contributed by atoms with Gasteiger partial charge in [-0.1, -0.05) is 12.1 Å². The van der Waals surface area contributed by atoms with E-state index in [1.807, 2.05) is 47.4 Å². The van der Waals surface area contributed by atoms with Crippen LogP contribution >= 0.6 is 11.3 Å². The summed E-state index contributed by atoms with van der Waals surface area (Å²) in [6.45, 7) is 2.54. The second-order valence-electron chi connectivity index (χ2n) is 12.3. The maximum Gasteiger partial charge on any atom is 0.256 e. The molecule has 45 heavy (non-hydrogen) atoms. The number of rotatable bonds is 6. The number of benzene rings is 3. The van der Waals surface area contributed by atoms with Crippen LogP contribution < -0.4 is 26.1 Å². The first-order valence-corrected chi connectivity index (χ1v) is 16.3. The summed E-state index contributed by atoms with van der Waals surface area (Å²) < 4.78 is 25.4. The van der Waals surface area contributed by atoms with Gasteiger partial charge in [0.25, 0.3) is 5.91 Å². The van der Waals surface area contributed by atoms with Gasteiger partial charge in [-0.3, -0.25) is 9.59 Å². The zero-order valence-corrected chi connectivity index (χ0v) is 25.7. The minimum absolute atomic E-state index is 0.0355. The highest BCUT2D eigenvalue weighted by Crippen LogP contribution is 2.48. The standard InChI is InChI=1S/C34H33FN6O3S/c1-39-13-4-5-21(39)10-12-37-33(43)23-18-41-26-9-8-19(34-38-25-6-2-3-7-28(25)45-34)15-27(26)44-32-29(41)22(31(23)42)16-24(35)30(32)40-14-11-20(36)17-40/h2-3,6-9,15-16,18,20-21H,4-5,10-14,17,36H2,1H3,(H,37,43). The molecule has 0 radical (unpaired) electrons. The number of nitrogens with two attached hydrogens (primary N) is 1. The zero-order chi connectivity index (χ0) is 30.8. The lowest BCUT2D eigenvalue weighted by Gasteiger charge is -2.29. The summed E-state index contributed by atoms with van der Waals surface area (Å²) in [4.78, 5) is 36.3. The Balaban J connectivity index is 1.25. The Morgan fingerprint density at radius 3 is 2.82 bits per heavy atom. The van der Waals surface area contributed by atoms with Crippen molar-refractivity contribution in [2.75, 3.05) is 38.1 Å². The van der Waals surface area contributed by atoms with Crippen molar-refractivity contribution in [3.05, 3.63) is 76.3 Å². The number of carbonyl (C=O) groups is 1. The van der Waals surface area contributed by atoms with Crippen LogP contribution in [0.1, 0.15) is 36.0 Å². The third kappa shape index (κ3) is 4.77. The molecule has 0 spiro atoms. The molecule has 2 unspecified atom stereocenters. The van der Waals surface area contributed by atoms with Crippen LogP contribution in [0.25, 0.3) is 37.4 Å². The summed E-state index contributed by atoms with van der Waals surface area (Å²) in [7, 11) is 2.10. The number of anilines is 1. The van der Waals surface area contributed by atoms with E-state index in [2.05, 4.69) is 17.3 Å². The second-order valence-corrected chi connectivity index (χ2v) is 13.3. The van der Waals surface area contributed by atoms with E-state index >= 15 is 4.39 Å². The molecular formula is C34H33FN6O3S. The minimum Gasteiger partial charge on any atom is -0.451 e. The number of pyridine rings is 1. The number of fused-ring (bicyclic) bond motifs is 3. The lowest BCUT2D eigenvalue weighted by atomic mass is 10.0. The quantitative estimate of drug-likeness (QED) is 0.260. The fourth-order valence-corrected chi connectivity index (χ4v) is 7.94. The smallest absolute Gasteiger partial charge is 0.256 e. The van der Waals surface area contributed by atoms with Crippen LogP contribution in [-0.2, 0) is 0 Å². The van der Waals surface area contributed by atoms with Gasteiger partial charge in [0.15, 0.2) is 17.3 Å². The monoisotopic (exact) mass is 624 g/mol. The molecule has 0 saturated carbocycles. The Labute approximate surface area is 263 Å². The molecule has 8 rings (SSSR count). The molecule has 9 nitrogen and oxygen atoms in total. The van der Waals surface area contributed by atoms with E-state index in [1.54, 1.807) is 22.1 Å². The Bertz CT molecular complexity index is 2020. The average molecular weight is 625 g/mol. The fourth-order valence-electron chi connectivity index (χ4n) is 6.97. The van der Waals surface area contributed by atoms with E-state index in [1.165, 1.54) is 6.07 Å². The highest BCUT2D eigenvalue weighted by atomic mass is 32.1. The van der Waals surface area contributed by atoms with Gasteiger partial charge in [-0.05, 0) is 75.7 Å². The molecule has 2 saturated heterocycles.